The summed E-state index contributed by atoms with van der Waals surface area (Å²) in [5.74, 6) is -2.36. The summed E-state index contributed by atoms with van der Waals surface area (Å²) in [4.78, 5) is 26.0. The average Bonchev–Trinajstić information content (AvgIpc) is 3.79. The number of fused-ring (bicyclic) bond motifs is 1. The van der Waals surface area contributed by atoms with E-state index in [-0.39, 0.29) is 34.8 Å². The SMILES string of the molecule is CNC(=O)c1c(-c2ccc(F)cc2)oc2cc(CN(Cc3ccc(B4OC(C)(C)C(C)(C)O4)c(C(=O)OC)c3F)S(=O)[O-])c(C3CC3)cc12. The van der Waals surface area contributed by atoms with Gasteiger partial charge < -0.3 is 28.3 Å². The third-order valence-corrected chi connectivity index (χ3v) is 10.3. The van der Waals surface area contributed by atoms with Gasteiger partial charge in [0.05, 0.1) is 29.4 Å². The zero-order valence-corrected chi connectivity index (χ0v) is 28.8. The maximum atomic E-state index is 16.2. The van der Waals surface area contributed by atoms with Crippen LogP contribution in [0.1, 0.15) is 83.9 Å². The summed E-state index contributed by atoms with van der Waals surface area (Å²) < 4.78 is 79.5. The van der Waals surface area contributed by atoms with Gasteiger partial charge in [0.1, 0.15) is 23.0 Å². The van der Waals surface area contributed by atoms with Gasteiger partial charge in [-0.1, -0.05) is 12.1 Å². The first-order chi connectivity index (χ1) is 23.2. The number of ether oxygens (including phenoxy) is 1. The van der Waals surface area contributed by atoms with Crippen molar-refractivity contribution in [2.45, 2.75) is 70.7 Å². The summed E-state index contributed by atoms with van der Waals surface area (Å²) in [5.41, 5.74) is 0.714. The highest BCUT2D eigenvalue weighted by Gasteiger charge is 2.53. The number of hydrogen-bond acceptors (Lipinski definition) is 8. The normalized spacial score (nSPS) is 17.5. The lowest BCUT2D eigenvalue weighted by atomic mass is 9.75. The molecule has 258 valence electrons. The van der Waals surface area contributed by atoms with Crippen molar-refractivity contribution in [3.8, 4) is 11.3 Å². The fourth-order valence-electron chi connectivity index (χ4n) is 6.04. The number of esters is 1. The van der Waals surface area contributed by atoms with E-state index in [1.54, 1.807) is 6.07 Å². The lowest BCUT2D eigenvalue weighted by Crippen LogP contribution is -2.41. The Labute approximate surface area is 285 Å². The minimum Gasteiger partial charge on any atom is -0.760 e. The van der Waals surface area contributed by atoms with E-state index in [1.165, 1.54) is 43.4 Å². The minimum absolute atomic E-state index is 0.0579. The molecule has 1 aromatic heterocycles. The highest BCUT2D eigenvalue weighted by Crippen LogP contribution is 2.45. The van der Waals surface area contributed by atoms with Crippen LogP contribution in [0.15, 0.2) is 52.9 Å². The van der Waals surface area contributed by atoms with Gasteiger partial charge in [0.15, 0.2) is 0 Å². The van der Waals surface area contributed by atoms with Gasteiger partial charge in [0.25, 0.3) is 5.91 Å². The molecule has 1 unspecified atom stereocenters. The first kappa shape index (κ1) is 34.9. The molecule has 1 amide bonds. The lowest BCUT2D eigenvalue weighted by Gasteiger charge is -2.32. The summed E-state index contributed by atoms with van der Waals surface area (Å²) in [6.07, 6.45) is 1.74. The smallest absolute Gasteiger partial charge is 0.495 e. The highest BCUT2D eigenvalue weighted by atomic mass is 32.2. The molecular formula is C35H36BF2N2O8S-. The minimum atomic E-state index is -2.81. The maximum Gasteiger partial charge on any atom is 0.495 e. The second-order valence-electron chi connectivity index (χ2n) is 13.3. The number of halogens is 2. The van der Waals surface area contributed by atoms with Crippen LogP contribution in [-0.4, -0.2) is 57.4 Å². The van der Waals surface area contributed by atoms with Gasteiger partial charge in [0.2, 0.25) is 0 Å². The van der Waals surface area contributed by atoms with Crippen LogP contribution in [0.4, 0.5) is 8.78 Å². The molecule has 3 aromatic carbocycles. The van der Waals surface area contributed by atoms with Gasteiger partial charge in [0, 0.05) is 47.9 Å². The van der Waals surface area contributed by atoms with Crippen LogP contribution in [0.3, 0.4) is 0 Å². The third-order valence-electron chi connectivity index (χ3n) is 9.58. The standard InChI is InChI=1S/C35H37BF2N2O8S/c1-34(2)35(3,4)48-36(47-34)26-14-11-21(30(38)29(26)33(42)45-6)17-40(49(43)44)18-22-15-27-25(16-24(22)19-7-8-19)28(32(41)39-5)31(46-27)20-9-12-23(37)13-10-20/h9-16,19H,7-8,17-18H2,1-6H3,(H,39,41)(H,43,44)/p-1. The van der Waals surface area contributed by atoms with Crippen LogP contribution < -0.4 is 10.8 Å². The molecule has 2 fully saturated rings. The zero-order valence-electron chi connectivity index (χ0n) is 28.0. The number of hydrogen-bond donors (Lipinski definition) is 1. The molecule has 4 aromatic rings. The van der Waals surface area contributed by atoms with Crippen molar-refractivity contribution in [1.82, 2.24) is 9.62 Å². The number of nitrogens with one attached hydrogen (secondary N) is 1. The first-order valence-corrected chi connectivity index (χ1v) is 16.9. The molecule has 1 aliphatic carbocycles. The Balaban J connectivity index is 1.38. The van der Waals surface area contributed by atoms with Crippen molar-refractivity contribution in [1.29, 1.82) is 0 Å². The predicted octanol–water partition coefficient (Wildman–Crippen LogP) is 5.50. The molecule has 14 heteroatoms. The van der Waals surface area contributed by atoms with E-state index in [0.29, 0.717) is 22.1 Å². The molecule has 2 aliphatic rings. The molecule has 0 spiro atoms. The molecule has 0 bridgehead atoms. The van der Waals surface area contributed by atoms with Crippen LogP contribution in [0.2, 0.25) is 0 Å². The number of carbonyl (C=O) groups excluding carboxylic acids is 2. The number of methoxy groups -OCH3 is 1. The highest BCUT2D eigenvalue weighted by molar-refractivity contribution is 7.76. The molecule has 2 heterocycles. The molecular weight excluding hydrogens is 657 g/mol. The van der Waals surface area contributed by atoms with E-state index >= 15 is 4.39 Å². The monoisotopic (exact) mass is 693 g/mol. The van der Waals surface area contributed by atoms with E-state index in [4.69, 9.17) is 18.5 Å². The maximum absolute atomic E-state index is 16.2. The van der Waals surface area contributed by atoms with Gasteiger partial charge in [-0.25, -0.2) is 17.9 Å². The van der Waals surface area contributed by atoms with Crippen LogP contribution in [0.5, 0.6) is 0 Å². The van der Waals surface area contributed by atoms with E-state index < -0.39 is 65.2 Å². The van der Waals surface area contributed by atoms with E-state index in [2.05, 4.69) is 5.32 Å². The fraction of sp³-hybridized carbons (Fsp3) is 0.371. The Kier molecular flexibility index (Phi) is 9.31. The Bertz CT molecular complexity index is 1960. The number of amides is 1. The van der Waals surface area contributed by atoms with Gasteiger partial charge in [-0.2, -0.15) is 0 Å². The Morgan fingerprint density at radius 2 is 1.63 bits per heavy atom. The van der Waals surface area contributed by atoms with Gasteiger partial charge in [-0.05, 0) is 99.4 Å². The van der Waals surface area contributed by atoms with Crippen LogP contribution in [0.25, 0.3) is 22.3 Å². The van der Waals surface area contributed by atoms with Gasteiger partial charge >= 0.3 is 13.1 Å². The number of rotatable bonds is 10. The fourth-order valence-corrected chi connectivity index (χ4v) is 6.53. The quantitative estimate of drug-likeness (QED) is 0.131. The second kappa shape index (κ2) is 13.1. The first-order valence-electron chi connectivity index (χ1n) is 15.8. The van der Waals surface area contributed by atoms with Gasteiger partial charge in [-0.15, -0.1) is 0 Å². The third kappa shape index (κ3) is 6.55. The van der Waals surface area contributed by atoms with E-state index in [9.17, 15) is 22.7 Å². The number of benzene rings is 3. The predicted molar refractivity (Wildman–Crippen MR) is 179 cm³/mol. The van der Waals surface area contributed by atoms with Crippen molar-refractivity contribution in [2.75, 3.05) is 14.2 Å². The summed E-state index contributed by atoms with van der Waals surface area (Å²) in [7, 11) is 1.57. The molecule has 49 heavy (non-hydrogen) atoms. The number of furan rings is 1. The Morgan fingerprint density at radius 3 is 2.20 bits per heavy atom. The second-order valence-corrected chi connectivity index (χ2v) is 14.3. The summed E-state index contributed by atoms with van der Waals surface area (Å²) >= 11 is -2.81. The number of carbonyl (C=O) groups is 2. The van der Waals surface area contributed by atoms with E-state index in [1.807, 2.05) is 33.8 Å². The van der Waals surface area contributed by atoms with Crippen molar-refractivity contribution < 1.29 is 45.6 Å². The van der Waals surface area contributed by atoms with Gasteiger partial charge in [-0.3, -0.25) is 9.00 Å². The van der Waals surface area contributed by atoms with Crippen LogP contribution in [-0.2, 0) is 38.4 Å². The van der Waals surface area contributed by atoms with Crippen molar-refractivity contribution in [3.63, 3.8) is 0 Å². The van der Waals surface area contributed by atoms with Crippen molar-refractivity contribution >= 4 is 46.7 Å². The Morgan fingerprint density at radius 1 is 1.00 bits per heavy atom. The van der Waals surface area contributed by atoms with Crippen molar-refractivity contribution in [2.24, 2.45) is 0 Å². The van der Waals surface area contributed by atoms with Crippen LogP contribution >= 0.6 is 0 Å². The summed E-state index contributed by atoms with van der Waals surface area (Å²) in [5, 5.41) is 3.17. The molecule has 1 saturated carbocycles. The number of nitrogens with zero attached hydrogens (tertiary/aromatic N) is 1. The lowest BCUT2D eigenvalue weighted by molar-refractivity contribution is 0.00578. The molecule has 1 atom stereocenters. The largest absolute Gasteiger partial charge is 0.760 e. The zero-order chi connectivity index (χ0) is 35.4. The summed E-state index contributed by atoms with van der Waals surface area (Å²) in [6, 6.07) is 12.0. The molecule has 0 radical (unpaired) electrons. The average molecular weight is 694 g/mol. The van der Waals surface area contributed by atoms with Crippen LogP contribution in [0, 0.1) is 11.6 Å². The molecule has 1 saturated heterocycles. The van der Waals surface area contributed by atoms with E-state index in [0.717, 1.165) is 29.8 Å². The topological polar surface area (TPSA) is 130 Å². The summed E-state index contributed by atoms with van der Waals surface area (Å²) in [6.45, 7) is 6.77. The Hall–Kier alpha value is -3.95. The molecule has 1 N–H and O–H groups in total. The molecule has 6 rings (SSSR count). The molecule has 1 aliphatic heterocycles. The molecule has 10 nitrogen and oxygen atoms in total. The van der Waals surface area contributed by atoms with Crippen molar-refractivity contribution in [3.05, 3.63) is 88.0 Å².